The second kappa shape index (κ2) is 6.01. The SMILES string of the molecule is CCn1nc(C)c(Br)c1CNC1CCCCC1. The van der Waals surface area contributed by atoms with Gasteiger partial charge in [-0.1, -0.05) is 19.3 Å². The number of hydrogen-bond donors (Lipinski definition) is 1. The summed E-state index contributed by atoms with van der Waals surface area (Å²) >= 11 is 3.64. The number of hydrogen-bond acceptors (Lipinski definition) is 2. The van der Waals surface area contributed by atoms with Crippen molar-refractivity contribution in [2.45, 2.75) is 65.1 Å². The molecule has 0 aromatic carbocycles. The molecule has 96 valence electrons. The molecule has 0 bridgehead atoms. The molecule has 0 unspecified atom stereocenters. The molecule has 0 saturated heterocycles. The Morgan fingerprint density at radius 1 is 1.35 bits per heavy atom. The van der Waals surface area contributed by atoms with Crippen LogP contribution in [0.1, 0.15) is 50.4 Å². The van der Waals surface area contributed by atoms with Gasteiger partial charge in [0.1, 0.15) is 0 Å². The molecule has 17 heavy (non-hydrogen) atoms. The number of aryl methyl sites for hydroxylation is 2. The summed E-state index contributed by atoms with van der Waals surface area (Å²) in [6.45, 7) is 6.07. The Kier molecular flexibility index (Phi) is 4.62. The van der Waals surface area contributed by atoms with Crippen LogP contribution in [0.4, 0.5) is 0 Å². The molecule has 0 aliphatic heterocycles. The normalized spacial score (nSPS) is 17.6. The topological polar surface area (TPSA) is 29.9 Å². The van der Waals surface area contributed by atoms with Crippen LogP contribution >= 0.6 is 15.9 Å². The van der Waals surface area contributed by atoms with Gasteiger partial charge < -0.3 is 5.32 Å². The minimum Gasteiger partial charge on any atom is -0.308 e. The van der Waals surface area contributed by atoms with Gasteiger partial charge in [-0.2, -0.15) is 5.10 Å². The third kappa shape index (κ3) is 3.10. The molecule has 1 aromatic rings. The summed E-state index contributed by atoms with van der Waals surface area (Å²) in [5, 5.41) is 8.20. The van der Waals surface area contributed by atoms with Gasteiger partial charge in [0.2, 0.25) is 0 Å². The maximum atomic E-state index is 4.52. The average molecular weight is 300 g/mol. The van der Waals surface area contributed by atoms with E-state index in [0.717, 1.165) is 18.8 Å². The molecule has 0 radical (unpaired) electrons. The summed E-state index contributed by atoms with van der Waals surface area (Å²) in [4.78, 5) is 0. The van der Waals surface area contributed by atoms with Crippen LogP contribution in [0.15, 0.2) is 4.47 Å². The second-order valence-electron chi connectivity index (χ2n) is 4.88. The minimum atomic E-state index is 0.705. The van der Waals surface area contributed by atoms with Crippen LogP contribution in [0.3, 0.4) is 0 Å². The van der Waals surface area contributed by atoms with Gasteiger partial charge >= 0.3 is 0 Å². The maximum absolute atomic E-state index is 4.52. The lowest BCUT2D eigenvalue weighted by molar-refractivity contribution is 0.367. The largest absolute Gasteiger partial charge is 0.308 e. The Morgan fingerprint density at radius 2 is 2.06 bits per heavy atom. The Bertz CT molecular complexity index is 367. The number of nitrogens with one attached hydrogen (secondary N) is 1. The molecule has 1 saturated carbocycles. The van der Waals surface area contributed by atoms with Gasteiger partial charge in [0.25, 0.3) is 0 Å². The molecular formula is C13H22BrN3. The Hall–Kier alpha value is -0.350. The van der Waals surface area contributed by atoms with Gasteiger partial charge in [-0.25, -0.2) is 0 Å². The fraction of sp³-hybridized carbons (Fsp3) is 0.769. The maximum Gasteiger partial charge on any atom is 0.0739 e. The zero-order valence-electron chi connectivity index (χ0n) is 10.8. The van der Waals surface area contributed by atoms with Crippen molar-refractivity contribution in [3.63, 3.8) is 0 Å². The summed E-state index contributed by atoms with van der Waals surface area (Å²) in [6.07, 6.45) is 6.83. The van der Waals surface area contributed by atoms with Crippen molar-refractivity contribution in [2.75, 3.05) is 0 Å². The molecule has 1 aromatic heterocycles. The highest BCUT2D eigenvalue weighted by molar-refractivity contribution is 9.10. The summed E-state index contributed by atoms with van der Waals surface area (Å²) in [7, 11) is 0. The van der Waals surface area contributed by atoms with Crippen LogP contribution in [0, 0.1) is 6.92 Å². The van der Waals surface area contributed by atoms with E-state index in [9.17, 15) is 0 Å². The summed E-state index contributed by atoms with van der Waals surface area (Å²) in [5.74, 6) is 0. The van der Waals surface area contributed by atoms with Gasteiger partial charge in [-0.3, -0.25) is 4.68 Å². The zero-order chi connectivity index (χ0) is 12.3. The number of halogens is 1. The molecule has 0 spiro atoms. The lowest BCUT2D eigenvalue weighted by Crippen LogP contribution is -2.31. The van der Waals surface area contributed by atoms with E-state index in [1.165, 1.54) is 42.3 Å². The summed E-state index contributed by atoms with van der Waals surface area (Å²) in [6, 6.07) is 0.705. The van der Waals surface area contributed by atoms with Crippen LogP contribution in [0.2, 0.25) is 0 Å². The van der Waals surface area contributed by atoms with Crippen LogP contribution in [0.5, 0.6) is 0 Å². The van der Waals surface area contributed by atoms with E-state index < -0.39 is 0 Å². The molecule has 0 atom stereocenters. The highest BCUT2D eigenvalue weighted by Crippen LogP contribution is 2.22. The number of rotatable bonds is 4. The lowest BCUT2D eigenvalue weighted by atomic mass is 9.95. The van der Waals surface area contributed by atoms with Gasteiger partial charge in [0, 0.05) is 19.1 Å². The molecule has 1 fully saturated rings. The predicted octanol–water partition coefficient (Wildman–Crippen LogP) is 3.40. The minimum absolute atomic E-state index is 0.705. The molecule has 2 rings (SSSR count). The molecule has 0 amide bonds. The van der Waals surface area contributed by atoms with Crippen molar-refractivity contribution < 1.29 is 0 Å². The van der Waals surface area contributed by atoms with Crippen LogP contribution in [-0.4, -0.2) is 15.8 Å². The van der Waals surface area contributed by atoms with Crippen LogP contribution in [-0.2, 0) is 13.1 Å². The van der Waals surface area contributed by atoms with E-state index >= 15 is 0 Å². The van der Waals surface area contributed by atoms with Crippen LogP contribution < -0.4 is 5.32 Å². The first-order valence-corrected chi connectivity index (χ1v) is 7.46. The van der Waals surface area contributed by atoms with Crippen LogP contribution in [0.25, 0.3) is 0 Å². The lowest BCUT2D eigenvalue weighted by Gasteiger charge is -2.23. The zero-order valence-corrected chi connectivity index (χ0v) is 12.4. The van der Waals surface area contributed by atoms with Crippen molar-refractivity contribution >= 4 is 15.9 Å². The van der Waals surface area contributed by atoms with Crippen molar-refractivity contribution in [1.82, 2.24) is 15.1 Å². The first-order valence-electron chi connectivity index (χ1n) is 6.67. The van der Waals surface area contributed by atoms with E-state index in [4.69, 9.17) is 0 Å². The highest BCUT2D eigenvalue weighted by Gasteiger charge is 2.16. The Labute approximate surface area is 112 Å². The quantitative estimate of drug-likeness (QED) is 0.923. The molecule has 3 nitrogen and oxygen atoms in total. The highest BCUT2D eigenvalue weighted by atomic mass is 79.9. The van der Waals surface area contributed by atoms with Crippen molar-refractivity contribution in [3.8, 4) is 0 Å². The molecule has 1 aliphatic rings. The van der Waals surface area contributed by atoms with Crippen molar-refractivity contribution in [2.24, 2.45) is 0 Å². The molecular weight excluding hydrogens is 278 g/mol. The van der Waals surface area contributed by atoms with E-state index in [2.05, 4.69) is 44.9 Å². The van der Waals surface area contributed by atoms with Gasteiger partial charge in [0.05, 0.1) is 15.9 Å². The number of nitrogens with zero attached hydrogens (tertiary/aromatic N) is 2. The molecule has 1 heterocycles. The van der Waals surface area contributed by atoms with Crippen molar-refractivity contribution in [3.05, 3.63) is 15.9 Å². The van der Waals surface area contributed by atoms with E-state index in [-0.39, 0.29) is 0 Å². The smallest absolute Gasteiger partial charge is 0.0739 e. The molecule has 1 N–H and O–H groups in total. The monoisotopic (exact) mass is 299 g/mol. The fourth-order valence-electron chi connectivity index (χ4n) is 2.59. The Morgan fingerprint density at radius 3 is 2.71 bits per heavy atom. The van der Waals surface area contributed by atoms with E-state index in [1.807, 2.05) is 0 Å². The summed E-state index contributed by atoms with van der Waals surface area (Å²) in [5.41, 5.74) is 2.38. The molecule has 4 heteroatoms. The first kappa shape index (κ1) is 13.1. The standard InChI is InChI=1S/C13H22BrN3/c1-3-17-12(13(14)10(2)16-17)9-15-11-7-5-4-6-8-11/h11,15H,3-9H2,1-2H3. The third-order valence-electron chi connectivity index (χ3n) is 3.62. The number of aromatic nitrogens is 2. The van der Waals surface area contributed by atoms with E-state index in [1.54, 1.807) is 0 Å². The average Bonchev–Trinajstić information content (AvgIpc) is 2.64. The van der Waals surface area contributed by atoms with Gasteiger partial charge in [-0.15, -0.1) is 0 Å². The fourth-order valence-corrected chi connectivity index (χ4v) is 3.01. The second-order valence-corrected chi connectivity index (χ2v) is 5.67. The first-order chi connectivity index (χ1) is 8.22. The Balaban J connectivity index is 1.97. The van der Waals surface area contributed by atoms with Gasteiger partial charge in [0.15, 0.2) is 0 Å². The summed E-state index contributed by atoms with van der Waals surface area (Å²) < 4.78 is 3.26. The van der Waals surface area contributed by atoms with Gasteiger partial charge in [-0.05, 0) is 42.6 Å². The predicted molar refractivity (Wildman–Crippen MR) is 74.1 cm³/mol. The third-order valence-corrected chi connectivity index (χ3v) is 4.65. The molecule has 1 aliphatic carbocycles. The van der Waals surface area contributed by atoms with E-state index in [0.29, 0.717) is 6.04 Å². The van der Waals surface area contributed by atoms with Crippen molar-refractivity contribution in [1.29, 1.82) is 0 Å².